The molecule has 0 aliphatic carbocycles. The van der Waals surface area contributed by atoms with Gasteiger partial charge >= 0.3 is 0 Å². The Balaban J connectivity index is 1.91. The fourth-order valence-electron chi connectivity index (χ4n) is 2.37. The van der Waals surface area contributed by atoms with E-state index in [1.165, 1.54) is 0 Å². The first-order valence-electron chi connectivity index (χ1n) is 6.50. The maximum Gasteiger partial charge on any atom is 0.224 e. The quantitative estimate of drug-likeness (QED) is 0.838. The average molecular weight is 247 g/mol. The van der Waals surface area contributed by atoms with E-state index in [1.54, 1.807) is 0 Å². The van der Waals surface area contributed by atoms with Crippen molar-refractivity contribution in [2.75, 3.05) is 13.1 Å². The third-order valence-corrected chi connectivity index (χ3v) is 3.43. The van der Waals surface area contributed by atoms with Crippen LogP contribution in [0.3, 0.4) is 0 Å². The van der Waals surface area contributed by atoms with Crippen LogP contribution in [0, 0.1) is 0 Å². The molecule has 4 N–H and O–H groups in total. The van der Waals surface area contributed by atoms with Crippen LogP contribution in [0.25, 0.3) is 0 Å². The summed E-state index contributed by atoms with van der Waals surface area (Å²) in [4.78, 5) is 14.0. The van der Waals surface area contributed by atoms with Gasteiger partial charge in [0.1, 0.15) is 0 Å². The molecule has 4 heteroatoms. The maximum absolute atomic E-state index is 12.1. The Kier molecular flexibility index (Phi) is 4.33. The summed E-state index contributed by atoms with van der Waals surface area (Å²) in [6, 6.07) is 9.64. The molecule has 1 heterocycles. The van der Waals surface area contributed by atoms with E-state index >= 15 is 0 Å². The molecule has 1 aromatic rings. The van der Waals surface area contributed by atoms with Crippen molar-refractivity contribution in [3.63, 3.8) is 0 Å². The predicted octanol–water partition coefficient (Wildman–Crippen LogP) is 1.03. The molecule has 0 spiro atoms. The Bertz CT molecular complexity index is 393. The van der Waals surface area contributed by atoms with E-state index in [-0.39, 0.29) is 18.0 Å². The molecule has 0 aromatic heterocycles. The van der Waals surface area contributed by atoms with Crippen molar-refractivity contribution < 1.29 is 4.79 Å². The lowest BCUT2D eigenvalue weighted by molar-refractivity contribution is -0.132. The van der Waals surface area contributed by atoms with Crippen LogP contribution in [0.15, 0.2) is 30.3 Å². The minimum Gasteiger partial charge on any atom is -0.341 e. The van der Waals surface area contributed by atoms with Gasteiger partial charge in [-0.05, 0) is 18.4 Å². The zero-order valence-electron chi connectivity index (χ0n) is 10.6. The molecule has 1 aromatic carbocycles. The number of carbonyl (C=O) groups is 1. The first-order chi connectivity index (χ1) is 8.66. The van der Waals surface area contributed by atoms with Crippen molar-refractivity contribution in [1.82, 2.24) is 4.90 Å². The summed E-state index contributed by atoms with van der Waals surface area (Å²) in [5.74, 6) is 0.113. The van der Waals surface area contributed by atoms with E-state index in [1.807, 2.05) is 35.2 Å². The number of nitrogens with zero attached hydrogens (tertiary/aromatic N) is 1. The smallest absolute Gasteiger partial charge is 0.224 e. The second-order valence-electron chi connectivity index (χ2n) is 4.96. The van der Waals surface area contributed by atoms with Crippen LogP contribution < -0.4 is 11.5 Å². The summed E-state index contributed by atoms with van der Waals surface area (Å²) in [6.07, 6.45) is 2.36. The number of benzene rings is 1. The van der Waals surface area contributed by atoms with Crippen LogP contribution in [-0.4, -0.2) is 29.9 Å². The Morgan fingerprint density at radius 1 is 1.39 bits per heavy atom. The lowest BCUT2D eigenvalue weighted by atomic mass is 10.0. The van der Waals surface area contributed by atoms with E-state index in [2.05, 4.69) is 0 Å². The topological polar surface area (TPSA) is 72.3 Å². The molecule has 2 atom stereocenters. The molecule has 1 saturated heterocycles. The molecule has 98 valence electrons. The van der Waals surface area contributed by atoms with Gasteiger partial charge in [0, 0.05) is 31.6 Å². The number of piperidine rings is 1. The number of nitrogens with two attached hydrogens (primary N) is 2. The lowest BCUT2D eigenvalue weighted by Crippen LogP contribution is -2.46. The van der Waals surface area contributed by atoms with Gasteiger partial charge in [0.05, 0.1) is 0 Å². The number of hydrogen-bond acceptors (Lipinski definition) is 3. The molecule has 0 bridgehead atoms. The molecule has 4 nitrogen and oxygen atoms in total. The van der Waals surface area contributed by atoms with Gasteiger partial charge in [-0.3, -0.25) is 4.79 Å². The van der Waals surface area contributed by atoms with E-state index in [9.17, 15) is 4.79 Å². The van der Waals surface area contributed by atoms with Crippen LogP contribution in [0.4, 0.5) is 0 Å². The van der Waals surface area contributed by atoms with E-state index in [0.29, 0.717) is 13.0 Å². The van der Waals surface area contributed by atoms with Gasteiger partial charge in [-0.15, -0.1) is 0 Å². The Labute approximate surface area is 108 Å². The van der Waals surface area contributed by atoms with Gasteiger partial charge in [-0.25, -0.2) is 0 Å². The van der Waals surface area contributed by atoms with E-state index < -0.39 is 0 Å². The monoisotopic (exact) mass is 247 g/mol. The lowest BCUT2D eigenvalue weighted by Gasteiger charge is -2.31. The fraction of sp³-hybridized carbons (Fsp3) is 0.500. The van der Waals surface area contributed by atoms with Gasteiger partial charge < -0.3 is 16.4 Å². The van der Waals surface area contributed by atoms with Crippen molar-refractivity contribution in [3.05, 3.63) is 35.9 Å². The Hall–Kier alpha value is -1.39. The zero-order valence-corrected chi connectivity index (χ0v) is 10.6. The van der Waals surface area contributed by atoms with Crippen molar-refractivity contribution in [1.29, 1.82) is 0 Å². The number of carbonyl (C=O) groups excluding carboxylic acids is 1. The maximum atomic E-state index is 12.1. The van der Waals surface area contributed by atoms with Gasteiger partial charge in [0.2, 0.25) is 5.91 Å². The zero-order chi connectivity index (χ0) is 13.0. The average Bonchev–Trinajstić information content (AvgIpc) is 2.39. The second-order valence-corrected chi connectivity index (χ2v) is 4.96. The highest BCUT2D eigenvalue weighted by Gasteiger charge is 2.22. The standard InChI is InChI=1S/C14H21N3O/c15-12-7-4-8-17(10-12)14(18)9-13(16)11-5-2-1-3-6-11/h1-3,5-6,12-13H,4,7-10,15-16H2. The van der Waals surface area contributed by atoms with Gasteiger partial charge in [-0.1, -0.05) is 30.3 Å². The minimum absolute atomic E-state index is 0.113. The number of rotatable bonds is 3. The summed E-state index contributed by atoms with van der Waals surface area (Å²) in [5.41, 5.74) is 12.9. The third-order valence-electron chi connectivity index (χ3n) is 3.43. The summed E-state index contributed by atoms with van der Waals surface area (Å²) in [7, 11) is 0. The second kappa shape index (κ2) is 5.98. The molecule has 2 rings (SSSR count). The molecule has 2 unspecified atom stereocenters. The molecule has 1 amide bonds. The van der Waals surface area contributed by atoms with Crippen molar-refractivity contribution in [2.45, 2.75) is 31.3 Å². The normalized spacial score (nSPS) is 21.7. The third kappa shape index (κ3) is 3.31. The summed E-state index contributed by atoms with van der Waals surface area (Å²) in [6.45, 7) is 1.48. The van der Waals surface area contributed by atoms with E-state index in [4.69, 9.17) is 11.5 Å². The molecule has 0 radical (unpaired) electrons. The molecule has 1 fully saturated rings. The van der Waals surface area contributed by atoms with Crippen LogP contribution in [0.2, 0.25) is 0 Å². The van der Waals surface area contributed by atoms with Crippen LogP contribution in [0.5, 0.6) is 0 Å². The van der Waals surface area contributed by atoms with Gasteiger partial charge in [-0.2, -0.15) is 0 Å². The Morgan fingerprint density at radius 2 is 2.11 bits per heavy atom. The first kappa shape index (κ1) is 13.1. The van der Waals surface area contributed by atoms with Crippen LogP contribution in [-0.2, 0) is 4.79 Å². The number of hydrogen-bond donors (Lipinski definition) is 2. The highest BCUT2D eigenvalue weighted by atomic mass is 16.2. The summed E-state index contributed by atoms with van der Waals surface area (Å²) < 4.78 is 0. The predicted molar refractivity (Wildman–Crippen MR) is 71.8 cm³/mol. The minimum atomic E-state index is -0.225. The molecule has 1 aliphatic rings. The van der Waals surface area contributed by atoms with Gasteiger partial charge in [0.15, 0.2) is 0 Å². The molecule has 18 heavy (non-hydrogen) atoms. The molecule has 1 aliphatic heterocycles. The highest BCUT2D eigenvalue weighted by molar-refractivity contribution is 5.77. The van der Waals surface area contributed by atoms with Crippen molar-refractivity contribution in [2.24, 2.45) is 11.5 Å². The van der Waals surface area contributed by atoms with E-state index in [0.717, 1.165) is 24.9 Å². The van der Waals surface area contributed by atoms with Crippen LogP contribution >= 0.6 is 0 Å². The summed E-state index contributed by atoms with van der Waals surface area (Å²) in [5, 5.41) is 0. The summed E-state index contributed by atoms with van der Waals surface area (Å²) >= 11 is 0. The SMILES string of the molecule is NC1CCCN(C(=O)CC(N)c2ccccc2)C1. The molecular formula is C14H21N3O. The molecule has 0 saturated carbocycles. The van der Waals surface area contributed by atoms with Crippen molar-refractivity contribution in [3.8, 4) is 0 Å². The highest BCUT2D eigenvalue weighted by Crippen LogP contribution is 2.16. The first-order valence-corrected chi connectivity index (χ1v) is 6.50. The fourth-order valence-corrected chi connectivity index (χ4v) is 2.37. The molecular weight excluding hydrogens is 226 g/mol. The van der Waals surface area contributed by atoms with Gasteiger partial charge in [0.25, 0.3) is 0 Å². The largest absolute Gasteiger partial charge is 0.341 e. The number of likely N-dealkylation sites (tertiary alicyclic amines) is 1. The number of amides is 1. The van der Waals surface area contributed by atoms with Crippen molar-refractivity contribution >= 4 is 5.91 Å². The van der Waals surface area contributed by atoms with Crippen LogP contribution in [0.1, 0.15) is 30.9 Å². The Morgan fingerprint density at radius 3 is 2.78 bits per heavy atom.